The first-order valence-corrected chi connectivity index (χ1v) is 8.76. The molecule has 0 aliphatic carbocycles. The van der Waals surface area contributed by atoms with Gasteiger partial charge in [-0.1, -0.05) is 30.3 Å². The highest BCUT2D eigenvalue weighted by molar-refractivity contribution is 5.96. The zero-order valence-electron chi connectivity index (χ0n) is 15.6. The van der Waals surface area contributed by atoms with Gasteiger partial charge in [-0.05, 0) is 37.1 Å². The number of hydrogen-bond acceptors (Lipinski definition) is 4. The molecule has 0 radical (unpaired) electrons. The van der Waals surface area contributed by atoms with Gasteiger partial charge in [0.05, 0.1) is 18.5 Å². The van der Waals surface area contributed by atoms with E-state index >= 15 is 0 Å². The summed E-state index contributed by atoms with van der Waals surface area (Å²) < 4.78 is 5.30. The minimum absolute atomic E-state index is 0.00993. The number of cyclic esters (lactones) is 1. The number of amides is 2. The third-order valence-corrected chi connectivity index (χ3v) is 4.61. The van der Waals surface area contributed by atoms with Gasteiger partial charge in [-0.3, -0.25) is 9.59 Å². The summed E-state index contributed by atoms with van der Waals surface area (Å²) in [6, 6.07) is 12.8. The molecular weight excluding hydrogens is 344 g/mol. The van der Waals surface area contributed by atoms with Gasteiger partial charge < -0.3 is 15.0 Å². The molecule has 27 heavy (non-hydrogen) atoms. The van der Waals surface area contributed by atoms with Crippen LogP contribution in [-0.4, -0.2) is 36.3 Å². The summed E-state index contributed by atoms with van der Waals surface area (Å²) >= 11 is 0. The van der Waals surface area contributed by atoms with Crippen molar-refractivity contribution in [3.05, 3.63) is 64.7 Å². The number of fused-ring (bicyclic) bond motifs is 1. The number of ether oxygens (including phenoxy) is 1. The van der Waals surface area contributed by atoms with E-state index in [1.807, 2.05) is 32.0 Å². The zero-order chi connectivity index (χ0) is 19.6. The van der Waals surface area contributed by atoms with Crippen LogP contribution in [0.25, 0.3) is 0 Å². The van der Waals surface area contributed by atoms with Gasteiger partial charge in [0.2, 0.25) is 11.8 Å². The van der Waals surface area contributed by atoms with Crippen molar-refractivity contribution in [2.45, 2.75) is 26.4 Å². The molecule has 1 aliphatic rings. The van der Waals surface area contributed by atoms with Crippen molar-refractivity contribution in [2.24, 2.45) is 0 Å². The first kappa shape index (κ1) is 18.6. The van der Waals surface area contributed by atoms with Gasteiger partial charge in [0.25, 0.3) is 0 Å². The number of carbonyl (C=O) groups is 3. The molecule has 1 atom stereocenters. The van der Waals surface area contributed by atoms with Gasteiger partial charge in [-0.15, -0.1) is 0 Å². The molecule has 3 rings (SSSR count). The molecule has 1 N–H and O–H groups in total. The second-order valence-corrected chi connectivity index (χ2v) is 6.80. The lowest BCUT2D eigenvalue weighted by Gasteiger charge is -2.19. The summed E-state index contributed by atoms with van der Waals surface area (Å²) in [5.74, 6) is -0.956. The minimum atomic E-state index is -0.606. The number of anilines is 1. The molecule has 0 aromatic heterocycles. The summed E-state index contributed by atoms with van der Waals surface area (Å²) in [7, 11) is 1.56. The molecule has 0 unspecified atom stereocenters. The SMILES string of the molecule is Cc1ccc(C)c(NC(=O)CN(C)C(=O)C[C@H]2OC(=O)c3ccccc32)c1. The van der Waals surface area contributed by atoms with Crippen molar-refractivity contribution in [1.29, 1.82) is 0 Å². The number of carbonyl (C=O) groups excluding carboxylic acids is 3. The maximum absolute atomic E-state index is 12.5. The van der Waals surface area contributed by atoms with Crippen LogP contribution in [0.1, 0.15) is 39.6 Å². The largest absolute Gasteiger partial charge is 0.453 e. The summed E-state index contributed by atoms with van der Waals surface area (Å²) in [5, 5.41) is 2.83. The maximum atomic E-state index is 12.5. The van der Waals surface area contributed by atoms with Crippen LogP contribution in [-0.2, 0) is 14.3 Å². The lowest BCUT2D eigenvalue weighted by Crippen LogP contribution is -2.35. The Kier molecular flexibility index (Phi) is 5.26. The van der Waals surface area contributed by atoms with Crippen LogP contribution < -0.4 is 5.32 Å². The van der Waals surface area contributed by atoms with Gasteiger partial charge >= 0.3 is 5.97 Å². The maximum Gasteiger partial charge on any atom is 0.339 e. The van der Waals surface area contributed by atoms with E-state index in [0.29, 0.717) is 11.1 Å². The average Bonchev–Trinajstić information content (AvgIpc) is 2.94. The standard InChI is InChI=1S/C21H22N2O4/c1-13-8-9-14(2)17(10-13)22-19(24)12-23(3)20(25)11-18-15-6-4-5-7-16(15)21(26)27-18/h4-10,18H,11-12H2,1-3H3,(H,22,24)/t18-/m1/s1. The molecular formula is C21H22N2O4. The van der Waals surface area contributed by atoms with Crippen molar-refractivity contribution in [2.75, 3.05) is 18.9 Å². The lowest BCUT2D eigenvalue weighted by molar-refractivity contribution is -0.135. The highest BCUT2D eigenvalue weighted by Crippen LogP contribution is 2.33. The minimum Gasteiger partial charge on any atom is -0.453 e. The van der Waals surface area contributed by atoms with Crippen molar-refractivity contribution < 1.29 is 19.1 Å². The van der Waals surface area contributed by atoms with E-state index in [0.717, 1.165) is 16.8 Å². The summed E-state index contributed by atoms with van der Waals surface area (Å²) in [6.45, 7) is 3.79. The van der Waals surface area contributed by atoms with E-state index in [2.05, 4.69) is 5.32 Å². The number of likely N-dealkylation sites (N-methyl/N-ethyl adjacent to an activating group) is 1. The average molecular weight is 366 g/mol. The van der Waals surface area contributed by atoms with Crippen molar-refractivity contribution in [3.63, 3.8) is 0 Å². The predicted octanol–water partition coefficient (Wildman–Crippen LogP) is 3.00. The van der Waals surface area contributed by atoms with E-state index in [1.165, 1.54) is 4.90 Å². The zero-order valence-corrected chi connectivity index (χ0v) is 15.6. The van der Waals surface area contributed by atoms with Gasteiger partial charge in [0.1, 0.15) is 6.10 Å². The molecule has 140 valence electrons. The summed E-state index contributed by atoms with van der Waals surface area (Å²) in [6.07, 6.45) is -0.596. The normalized spacial score (nSPS) is 15.1. The first-order chi connectivity index (χ1) is 12.8. The van der Waals surface area contributed by atoms with Gasteiger partial charge in [0, 0.05) is 18.3 Å². The van der Waals surface area contributed by atoms with E-state index in [-0.39, 0.29) is 24.8 Å². The topological polar surface area (TPSA) is 75.7 Å². The Balaban J connectivity index is 1.59. The molecule has 0 spiro atoms. The van der Waals surface area contributed by atoms with E-state index in [1.54, 1.807) is 31.3 Å². The van der Waals surface area contributed by atoms with Crippen LogP contribution in [0.15, 0.2) is 42.5 Å². The van der Waals surface area contributed by atoms with Crippen LogP contribution in [0.2, 0.25) is 0 Å². The van der Waals surface area contributed by atoms with Crippen LogP contribution in [0, 0.1) is 13.8 Å². The van der Waals surface area contributed by atoms with Crippen molar-refractivity contribution in [3.8, 4) is 0 Å². The quantitative estimate of drug-likeness (QED) is 0.826. The van der Waals surface area contributed by atoms with Crippen molar-refractivity contribution in [1.82, 2.24) is 4.90 Å². The Hall–Kier alpha value is -3.15. The molecule has 2 aromatic carbocycles. The molecule has 2 aromatic rings. The molecule has 1 aliphatic heterocycles. The van der Waals surface area contributed by atoms with Crippen molar-refractivity contribution >= 4 is 23.5 Å². The number of nitrogens with zero attached hydrogens (tertiary/aromatic N) is 1. The van der Waals surface area contributed by atoms with Crippen LogP contribution in [0.5, 0.6) is 0 Å². The second-order valence-electron chi connectivity index (χ2n) is 6.80. The Bertz CT molecular complexity index is 907. The van der Waals surface area contributed by atoms with Gasteiger partial charge in [-0.2, -0.15) is 0 Å². The number of esters is 1. The fourth-order valence-corrected chi connectivity index (χ4v) is 3.05. The number of rotatable bonds is 5. The van der Waals surface area contributed by atoms with E-state index in [9.17, 15) is 14.4 Å². The van der Waals surface area contributed by atoms with Gasteiger partial charge in [0.15, 0.2) is 0 Å². The number of benzene rings is 2. The highest BCUT2D eigenvalue weighted by atomic mass is 16.5. The molecule has 0 saturated carbocycles. The monoisotopic (exact) mass is 366 g/mol. The lowest BCUT2D eigenvalue weighted by atomic mass is 10.0. The molecule has 6 nitrogen and oxygen atoms in total. The molecule has 0 bridgehead atoms. The smallest absolute Gasteiger partial charge is 0.339 e. The number of aryl methyl sites for hydroxylation is 2. The Labute approximate surface area is 158 Å². The Morgan fingerprint density at radius 3 is 2.67 bits per heavy atom. The summed E-state index contributed by atoms with van der Waals surface area (Å²) in [4.78, 5) is 38.0. The summed E-state index contributed by atoms with van der Waals surface area (Å²) in [5.41, 5.74) is 3.94. The highest BCUT2D eigenvalue weighted by Gasteiger charge is 2.32. The van der Waals surface area contributed by atoms with Crippen LogP contribution in [0.3, 0.4) is 0 Å². The van der Waals surface area contributed by atoms with Gasteiger partial charge in [-0.25, -0.2) is 4.79 Å². The Morgan fingerprint density at radius 1 is 1.15 bits per heavy atom. The molecule has 1 heterocycles. The number of hydrogen-bond donors (Lipinski definition) is 1. The molecule has 2 amide bonds. The third-order valence-electron chi connectivity index (χ3n) is 4.61. The predicted molar refractivity (Wildman–Crippen MR) is 101 cm³/mol. The van der Waals surface area contributed by atoms with E-state index in [4.69, 9.17) is 4.74 Å². The number of nitrogens with one attached hydrogen (secondary N) is 1. The fraction of sp³-hybridized carbons (Fsp3) is 0.286. The Morgan fingerprint density at radius 2 is 1.89 bits per heavy atom. The molecule has 0 saturated heterocycles. The second kappa shape index (κ2) is 7.61. The van der Waals surface area contributed by atoms with E-state index < -0.39 is 12.1 Å². The first-order valence-electron chi connectivity index (χ1n) is 8.76. The molecule has 0 fully saturated rings. The fourth-order valence-electron chi connectivity index (χ4n) is 3.05. The van der Waals surface area contributed by atoms with Crippen LogP contribution >= 0.6 is 0 Å². The third kappa shape index (κ3) is 4.16. The van der Waals surface area contributed by atoms with Crippen LogP contribution in [0.4, 0.5) is 5.69 Å². The molecule has 6 heteroatoms.